The number of halogens is 1. The van der Waals surface area contributed by atoms with E-state index < -0.39 is 0 Å². The van der Waals surface area contributed by atoms with Gasteiger partial charge in [-0.15, -0.1) is 0 Å². The fourth-order valence-electron chi connectivity index (χ4n) is 3.92. The van der Waals surface area contributed by atoms with Crippen LogP contribution in [0.25, 0.3) is 22.2 Å². The summed E-state index contributed by atoms with van der Waals surface area (Å²) in [6.07, 6.45) is 1.86. The first-order valence-electron chi connectivity index (χ1n) is 9.73. The minimum absolute atomic E-state index is 0.0186. The number of pyridine rings is 1. The van der Waals surface area contributed by atoms with E-state index in [9.17, 15) is 9.18 Å². The number of rotatable bonds is 3. The summed E-state index contributed by atoms with van der Waals surface area (Å²) in [6.45, 7) is 3.47. The van der Waals surface area contributed by atoms with Gasteiger partial charge in [0, 0.05) is 30.1 Å². The first-order chi connectivity index (χ1) is 13.5. The molecule has 1 fully saturated rings. The van der Waals surface area contributed by atoms with E-state index in [-0.39, 0.29) is 17.8 Å². The number of hydrogen-bond donors (Lipinski definition) is 1. The molecular formula is C23H24FN3O. The minimum Gasteiger partial charge on any atom is -0.339 e. The Hall–Kier alpha value is -2.79. The summed E-state index contributed by atoms with van der Waals surface area (Å²) < 4.78 is 13.3. The molecule has 28 heavy (non-hydrogen) atoms. The van der Waals surface area contributed by atoms with Crippen molar-refractivity contribution >= 4 is 16.8 Å². The summed E-state index contributed by atoms with van der Waals surface area (Å²) in [5.74, 6) is 0.191. The second kappa shape index (κ2) is 7.68. The molecule has 5 heteroatoms. The topological polar surface area (TPSA) is 59.2 Å². The fourth-order valence-corrected chi connectivity index (χ4v) is 3.92. The number of aromatic nitrogens is 1. The lowest BCUT2D eigenvalue weighted by atomic mass is 9.90. The van der Waals surface area contributed by atoms with Crippen LogP contribution in [-0.2, 0) is 0 Å². The maximum Gasteiger partial charge on any atom is 0.254 e. The highest BCUT2D eigenvalue weighted by molar-refractivity contribution is 6.07. The Balaban J connectivity index is 1.71. The average Bonchev–Trinajstić information content (AvgIpc) is 2.73. The lowest BCUT2D eigenvalue weighted by Gasteiger charge is -2.34. The van der Waals surface area contributed by atoms with Gasteiger partial charge in [-0.25, -0.2) is 9.37 Å². The van der Waals surface area contributed by atoms with Crippen molar-refractivity contribution in [1.82, 2.24) is 9.88 Å². The van der Waals surface area contributed by atoms with Gasteiger partial charge in [-0.2, -0.15) is 0 Å². The second-order valence-corrected chi connectivity index (χ2v) is 7.57. The highest BCUT2D eigenvalue weighted by Gasteiger charge is 2.26. The first kappa shape index (κ1) is 18.6. The van der Waals surface area contributed by atoms with Gasteiger partial charge < -0.3 is 10.6 Å². The van der Waals surface area contributed by atoms with Crippen molar-refractivity contribution in [2.45, 2.75) is 25.8 Å². The molecule has 3 aromatic rings. The number of amides is 1. The molecule has 0 spiro atoms. The number of piperidine rings is 1. The lowest BCUT2D eigenvalue weighted by molar-refractivity contribution is 0.0683. The van der Waals surface area contributed by atoms with Crippen molar-refractivity contribution in [3.05, 3.63) is 66.0 Å². The summed E-state index contributed by atoms with van der Waals surface area (Å²) in [4.78, 5) is 19.9. The predicted octanol–water partition coefficient (Wildman–Crippen LogP) is 4.24. The molecule has 4 nitrogen and oxygen atoms in total. The van der Waals surface area contributed by atoms with Crippen molar-refractivity contribution < 1.29 is 9.18 Å². The highest BCUT2D eigenvalue weighted by Crippen LogP contribution is 2.28. The Morgan fingerprint density at radius 2 is 1.82 bits per heavy atom. The zero-order valence-electron chi connectivity index (χ0n) is 15.9. The zero-order valence-corrected chi connectivity index (χ0v) is 15.9. The molecule has 2 heterocycles. The third kappa shape index (κ3) is 3.62. The minimum atomic E-state index is -0.294. The molecule has 1 aliphatic heterocycles. The third-order valence-electron chi connectivity index (χ3n) is 5.66. The number of benzene rings is 2. The molecule has 0 saturated carbocycles. The van der Waals surface area contributed by atoms with Crippen LogP contribution in [0.4, 0.5) is 4.39 Å². The van der Waals surface area contributed by atoms with E-state index in [4.69, 9.17) is 5.73 Å². The number of nitrogens with zero attached hydrogens (tertiary/aromatic N) is 2. The van der Waals surface area contributed by atoms with E-state index in [0.29, 0.717) is 30.3 Å². The standard InChI is InChI=1S/C23H24FN3O/c1-15(25)16-10-12-27(13-11-16)23(28)20-14-22(17-6-8-18(24)9-7-17)26-21-5-3-2-4-19(20)21/h2-9,14-16H,10-13,25H2,1H3. The Bertz CT molecular complexity index is 992. The fraction of sp³-hybridized carbons (Fsp3) is 0.304. The Labute approximate surface area is 164 Å². The molecule has 1 aliphatic rings. The van der Waals surface area contributed by atoms with Crippen LogP contribution in [0, 0.1) is 11.7 Å². The largest absolute Gasteiger partial charge is 0.339 e. The van der Waals surface area contributed by atoms with Crippen molar-refractivity contribution in [2.24, 2.45) is 11.7 Å². The van der Waals surface area contributed by atoms with Crippen LogP contribution >= 0.6 is 0 Å². The third-order valence-corrected chi connectivity index (χ3v) is 5.66. The van der Waals surface area contributed by atoms with Gasteiger partial charge in [0.25, 0.3) is 5.91 Å². The Morgan fingerprint density at radius 1 is 1.14 bits per heavy atom. The van der Waals surface area contributed by atoms with Crippen LogP contribution in [-0.4, -0.2) is 34.9 Å². The van der Waals surface area contributed by atoms with E-state index in [1.807, 2.05) is 42.2 Å². The van der Waals surface area contributed by atoms with E-state index >= 15 is 0 Å². The van der Waals surface area contributed by atoms with Gasteiger partial charge in [0.05, 0.1) is 16.8 Å². The van der Waals surface area contributed by atoms with Gasteiger partial charge >= 0.3 is 0 Å². The smallest absolute Gasteiger partial charge is 0.254 e. The number of para-hydroxylation sites is 1. The van der Waals surface area contributed by atoms with E-state index in [0.717, 1.165) is 29.3 Å². The number of carbonyl (C=O) groups is 1. The Morgan fingerprint density at radius 3 is 2.50 bits per heavy atom. The molecule has 0 aliphatic carbocycles. The number of nitrogens with two attached hydrogens (primary N) is 1. The monoisotopic (exact) mass is 377 g/mol. The van der Waals surface area contributed by atoms with E-state index in [1.165, 1.54) is 12.1 Å². The second-order valence-electron chi connectivity index (χ2n) is 7.57. The van der Waals surface area contributed by atoms with Gasteiger partial charge in [-0.1, -0.05) is 18.2 Å². The van der Waals surface area contributed by atoms with Crippen molar-refractivity contribution in [1.29, 1.82) is 0 Å². The maximum absolute atomic E-state index is 13.3. The van der Waals surface area contributed by atoms with Crippen LogP contribution in [0.3, 0.4) is 0 Å². The maximum atomic E-state index is 13.3. The molecule has 144 valence electrons. The molecule has 1 amide bonds. The highest BCUT2D eigenvalue weighted by atomic mass is 19.1. The average molecular weight is 377 g/mol. The summed E-state index contributed by atoms with van der Waals surface area (Å²) in [7, 11) is 0. The summed E-state index contributed by atoms with van der Waals surface area (Å²) in [6, 6.07) is 15.8. The zero-order chi connectivity index (χ0) is 19.7. The SMILES string of the molecule is CC(N)C1CCN(C(=O)c2cc(-c3ccc(F)cc3)nc3ccccc23)CC1. The van der Waals surface area contributed by atoms with Crippen LogP contribution in [0.15, 0.2) is 54.6 Å². The van der Waals surface area contributed by atoms with Crippen LogP contribution in [0.5, 0.6) is 0 Å². The predicted molar refractivity (Wildman–Crippen MR) is 109 cm³/mol. The van der Waals surface area contributed by atoms with E-state index in [2.05, 4.69) is 4.98 Å². The molecular weight excluding hydrogens is 353 g/mol. The number of hydrogen-bond acceptors (Lipinski definition) is 3. The molecule has 1 atom stereocenters. The van der Waals surface area contributed by atoms with Gasteiger partial charge in [0.2, 0.25) is 0 Å². The van der Waals surface area contributed by atoms with Gasteiger partial charge in [-0.05, 0) is 62.1 Å². The van der Waals surface area contributed by atoms with Gasteiger partial charge in [0.15, 0.2) is 0 Å². The summed E-state index contributed by atoms with van der Waals surface area (Å²) >= 11 is 0. The normalized spacial score (nSPS) is 16.3. The quantitative estimate of drug-likeness (QED) is 0.743. The van der Waals surface area contributed by atoms with Crippen LogP contribution in [0.1, 0.15) is 30.1 Å². The molecule has 1 aromatic heterocycles. The molecule has 0 bridgehead atoms. The molecule has 1 unspecified atom stereocenters. The molecule has 0 radical (unpaired) electrons. The summed E-state index contributed by atoms with van der Waals surface area (Å²) in [5.41, 5.74) is 8.90. The number of carbonyl (C=O) groups excluding carboxylic acids is 1. The summed E-state index contributed by atoms with van der Waals surface area (Å²) in [5, 5.41) is 0.840. The molecule has 4 rings (SSSR count). The number of fused-ring (bicyclic) bond motifs is 1. The number of likely N-dealkylation sites (tertiary alicyclic amines) is 1. The lowest BCUT2D eigenvalue weighted by Crippen LogP contribution is -2.42. The van der Waals surface area contributed by atoms with Crippen molar-refractivity contribution in [3.8, 4) is 11.3 Å². The van der Waals surface area contributed by atoms with Crippen molar-refractivity contribution in [3.63, 3.8) is 0 Å². The molecule has 2 N–H and O–H groups in total. The first-order valence-corrected chi connectivity index (χ1v) is 9.73. The van der Waals surface area contributed by atoms with E-state index in [1.54, 1.807) is 12.1 Å². The molecule has 1 saturated heterocycles. The van der Waals surface area contributed by atoms with Gasteiger partial charge in [0.1, 0.15) is 5.82 Å². The Kier molecular flexibility index (Phi) is 5.09. The molecule has 2 aromatic carbocycles. The van der Waals surface area contributed by atoms with Gasteiger partial charge in [-0.3, -0.25) is 4.79 Å². The van der Waals surface area contributed by atoms with Crippen molar-refractivity contribution in [2.75, 3.05) is 13.1 Å². The van der Waals surface area contributed by atoms with Crippen LogP contribution < -0.4 is 5.73 Å². The van der Waals surface area contributed by atoms with Crippen LogP contribution in [0.2, 0.25) is 0 Å².